The number of alkyl halides is 3. The molecule has 0 atom stereocenters. The monoisotopic (exact) mass is 429 g/mol. The van der Waals surface area contributed by atoms with Crippen molar-refractivity contribution < 1.29 is 32.6 Å². The first kappa shape index (κ1) is 21.9. The number of carboxylic acids is 1. The molecule has 0 spiro atoms. The number of nitrogens with zero attached hydrogens (tertiary/aromatic N) is 1. The maximum Gasteiger partial charge on any atom is 0.416 e. The number of ether oxygens (including phenoxy) is 1. The van der Waals surface area contributed by atoms with E-state index in [0.29, 0.717) is 11.3 Å². The number of carbonyl (C=O) groups is 1. The topological polar surface area (TPSA) is 68.1 Å². The quantitative estimate of drug-likeness (QED) is 0.385. The van der Waals surface area contributed by atoms with Gasteiger partial charge in [-0.05, 0) is 46.5 Å². The largest absolute Gasteiger partial charge is 0.489 e. The van der Waals surface area contributed by atoms with Crippen molar-refractivity contribution in [3.63, 3.8) is 0 Å². The molecule has 0 aliphatic carbocycles. The van der Waals surface area contributed by atoms with Gasteiger partial charge in [-0.25, -0.2) is 4.79 Å². The van der Waals surface area contributed by atoms with Crippen LogP contribution >= 0.6 is 0 Å². The van der Waals surface area contributed by atoms with Crippen LogP contribution in [0.4, 0.5) is 13.2 Å². The van der Waals surface area contributed by atoms with E-state index in [1.54, 1.807) is 18.2 Å². The third-order valence-electron chi connectivity index (χ3n) is 4.23. The molecule has 5 nitrogen and oxygen atoms in total. The molecule has 0 amide bonds. The van der Waals surface area contributed by atoms with Crippen LogP contribution in [0.1, 0.15) is 16.7 Å². The summed E-state index contributed by atoms with van der Waals surface area (Å²) in [5.41, 5.74) is 2.50. The number of aliphatic carboxylic acids is 1. The molecule has 3 rings (SSSR count). The lowest BCUT2D eigenvalue weighted by Crippen LogP contribution is -2.05. The van der Waals surface area contributed by atoms with Gasteiger partial charge in [0.2, 0.25) is 6.61 Å². The summed E-state index contributed by atoms with van der Waals surface area (Å²) in [7, 11) is 0. The molecule has 0 unspecified atom stereocenters. The predicted molar refractivity (Wildman–Crippen MR) is 109 cm³/mol. The zero-order valence-corrected chi connectivity index (χ0v) is 16.2. The average Bonchev–Trinajstić information content (AvgIpc) is 2.75. The zero-order chi connectivity index (χ0) is 22.3. The van der Waals surface area contributed by atoms with Gasteiger partial charge in [0.05, 0.1) is 11.8 Å². The van der Waals surface area contributed by atoms with Gasteiger partial charge in [0.1, 0.15) is 12.4 Å². The fraction of sp³-hybridized carbons (Fsp3) is 0.130. The Balaban J connectivity index is 1.61. The second-order valence-electron chi connectivity index (χ2n) is 6.53. The number of rotatable bonds is 8. The van der Waals surface area contributed by atoms with Gasteiger partial charge < -0.3 is 14.7 Å². The van der Waals surface area contributed by atoms with E-state index in [2.05, 4.69) is 9.99 Å². The average molecular weight is 429 g/mol. The number of halogens is 3. The van der Waals surface area contributed by atoms with Crippen LogP contribution in [-0.4, -0.2) is 23.9 Å². The second kappa shape index (κ2) is 9.80. The molecular weight excluding hydrogens is 411 g/mol. The lowest BCUT2D eigenvalue weighted by Gasteiger charge is -2.10. The van der Waals surface area contributed by atoms with Crippen LogP contribution in [0.2, 0.25) is 0 Å². The van der Waals surface area contributed by atoms with Gasteiger partial charge >= 0.3 is 12.1 Å². The molecule has 160 valence electrons. The fourth-order valence-electron chi connectivity index (χ4n) is 2.67. The highest BCUT2D eigenvalue weighted by Gasteiger charge is 2.29. The van der Waals surface area contributed by atoms with E-state index < -0.39 is 24.3 Å². The Labute approximate surface area is 176 Å². The smallest absolute Gasteiger partial charge is 0.416 e. The molecule has 0 heterocycles. The van der Waals surface area contributed by atoms with Crippen molar-refractivity contribution in [2.45, 2.75) is 12.8 Å². The number of benzene rings is 3. The highest BCUT2D eigenvalue weighted by atomic mass is 19.4. The highest BCUT2D eigenvalue weighted by molar-refractivity contribution is 5.80. The summed E-state index contributed by atoms with van der Waals surface area (Å²) in [5, 5.41) is 12.1. The van der Waals surface area contributed by atoms with E-state index in [0.717, 1.165) is 28.8 Å². The van der Waals surface area contributed by atoms with Gasteiger partial charge in [-0.15, -0.1) is 0 Å². The standard InChI is InChI=1S/C23H18F3NO4/c24-23(25,26)20-10-6-17(7-11-20)14-30-21-3-1-2-19(12-21)18-8-4-16(5-9-18)13-27-31-15-22(28)29/h1-13H,14-15H2,(H,28,29). The van der Waals surface area contributed by atoms with E-state index in [1.807, 2.05) is 30.3 Å². The molecule has 1 N–H and O–H groups in total. The Morgan fingerprint density at radius 1 is 0.968 bits per heavy atom. The Morgan fingerprint density at radius 3 is 2.32 bits per heavy atom. The molecule has 0 bridgehead atoms. The minimum atomic E-state index is -4.36. The van der Waals surface area contributed by atoms with Crippen LogP contribution in [0.3, 0.4) is 0 Å². The van der Waals surface area contributed by atoms with Crippen molar-refractivity contribution >= 4 is 12.2 Å². The van der Waals surface area contributed by atoms with E-state index >= 15 is 0 Å². The highest BCUT2D eigenvalue weighted by Crippen LogP contribution is 2.29. The van der Waals surface area contributed by atoms with Crippen LogP contribution in [0.25, 0.3) is 11.1 Å². The maximum atomic E-state index is 12.6. The molecule has 0 radical (unpaired) electrons. The van der Waals surface area contributed by atoms with Gasteiger partial charge in [-0.2, -0.15) is 13.2 Å². The lowest BCUT2D eigenvalue weighted by atomic mass is 10.0. The normalized spacial score (nSPS) is 11.5. The summed E-state index contributed by atoms with van der Waals surface area (Å²) in [6.07, 6.45) is -2.95. The summed E-state index contributed by atoms with van der Waals surface area (Å²) in [5.74, 6) is -0.516. The first-order valence-electron chi connectivity index (χ1n) is 9.18. The Kier molecular flexibility index (Phi) is 6.92. The first-order chi connectivity index (χ1) is 14.8. The van der Waals surface area contributed by atoms with Gasteiger partial charge in [0.25, 0.3) is 0 Å². The van der Waals surface area contributed by atoms with Crippen molar-refractivity contribution in [3.8, 4) is 16.9 Å². The third kappa shape index (κ3) is 6.60. The van der Waals surface area contributed by atoms with Crippen LogP contribution < -0.4 is 4.74 Å². The summed E-state index contributed by atoms with van der Waals surface area (Å²) in [6.45, 7) is -0.360. The van der Waals surface area contributed by atoms with E-state index in [1.165, 1.54) is 18.3 Å². The minimum absolute atomic E-state index is 0.146. The SMILES string of the molecule is O=C(O)CON=Cc1ccc(-c2cccc(OCc3ccc(C(F)(F)F)cc3)c2)cc1. The summed E-state index contributed by atoms with van der Waals surface area (Å²) >= 11 is 0. The maximum absolute atomic E-state index is 12.6. The van der Waals surface area contributed by atoms with Gasteiger partial charge in [-0.1, -0.05) is 53.7 Å². The van der Waals surface area contributed by atoms with E-state index in [9.17, 15) is 18.0 Å². The molecule has 0 aliphatic rings. The number of hydrogen-bond donors (Lipinski definition) is 1. The number of carboxylic acid groups (broad SMARTS) is 1. The van der Waals surface area contributed by atoms with Crippen LogP contribution in [0.5, 0.6) is 5.75 Å². The van der Waals surface area contributed by atoms with Gasteiger partial charge in [-0.3, -0.25) is 0 Å². The second-order valence-corrected chi connectivity index (χ2v) is 6.53. The molecule has 8 heteroatoms. The summed E-state index contributed by atoms with van der Waals surface area (Å²) in [4.78, 5) is 15.0. The lowest BCUT2D eigenvalue weighted by molar-refractivity contribution is -0.142. The Bertz CT molecular complexity index is 1050. The number of oxime groups is 1. The molecule has 0 saturated carbocycles. The molecule has 0 aliphatic heterocycles. The van der Waals surface area contributed by atoms with Gasteiger partial charge in [0, 0.05) is 0 Å². The molecule has 3 aromatic carbocycles. The number of hydrogen-bond acceptors (Lipinski definition) is 4. The van der Waals surface area contributed by atoms with Crippen molar-refractivity contribution in [2.24, 2.45) is 5.16 Å². The first-order valence-corrected chi connectivity index (χ1v) is 9.18. The minimum Gasteiger partial charge on any atom is -0.489 e. The van der Waals surface area contributed by atoms with E-state index in [-0.39, 0.29) is 6.61 Å². The van der Waals surface area contributed by atoms with Crippen molar-refractivity contribution in [1.82, 2.24) is 0 Å². The third-order valence-corrected chi connectivity index (χ3v) is 4.23. The van der Waals surface area contributed by atoms with Crippen molar-refractivity contribution in [1.29, 1.82) is 0 Å². The molecule has 0 fully saturated rings. The van der Waals surface area contributed by atoms with Crippen LogP contribution in [0.15, 0.2) is 78.0 Å². The van der Waals surface area contributed by atoms with Gasteiger partial charge in [0.15, 0.2) is 0 Å². The zero-order valence-electron chi connectivity index (χ0n) is 16.2. The summed E-state index contributed by atoms with van der Waals surface area (Å²) in [6, 6.07) is 19.5. The van der Waals surface area contributed by atoms with Crippen LogP contribution in [-0.2, 0) is 22.4 Å². The van der Waals surface area contributed by atoms with Crippen molar-refractivity contribution in [2.75, 3.05) is 6.61 Å². The Hall–Kier alpha value is -3.81. The molecular formula is C23H18F3NO4. The van der Waals surface area contributed by atoms with Crippen molar-refractivity contribution in [3.05, 3.63) is 89.5 Å². The predicted octanol–water partition coefficient (Wildman–Crippen LogP) is 5.39. The molecule has 31 heavy (non-hydrogen) atoms. The van der Waals surface area contributed by atoms with Crippen LogP contribution in [0, 0.1) is 0 Å². The Morgan fingerprint density at radius 2 is 1.68 bits per heavy atom. The fourth-order valence-corrected chi connectivity index (χ4v) is 2.67. The molecule has 0 aromatic heterocycles. The molecule has 0 saturated heterocycles. The summed E-state index contributed by atoms with van der Waals surface area (Å²) < 4.78 is 43.6. The van der Waals surface area contributed by atoms with E-state index in [4.69, 9.17) is 9.84 Å². The molecule has 3 aromatic rings.